The van der Waals surface area contributed by atoms with Crippen LogP contribution in [-0.2, 0) is 6.42 Å². The highest BCUT2D eigenvalue weighted by Crippen LogP contribution is 2.13. The number of fused-ring (bicyclic) bond motifs is 1. The smallest absolute Gasteiger partial charge is 0.271 e. The third-order valence-electron chi connectivity index (χ3n) is 2.92. The second-order valence-electron chi connectivity index (χ2n) is 4.47. The highest BCUT2D eigenvalue weighted by Gasteiger charge is 2.12. The van der Waals surface area contributed by atoms with Gasteiger partial charge in [0.1, 0.15) is 10.7 Å². The maximum absolute atomic E-state index is 12.0. The van der Waals surface area contributed by atoms with Crippen LogP contribution in [0.1, 0.15) is 21.1 Å². The minimum absolute atomic E-state index is 0.156. The van der Waals surface area contributed by atoms with Gasteiger partial charge >= 0.3 is 0 Å². The Morgan fingerprint density at radius 1 is 1.35 bits per heavy atom. The number of benzene rings is 1. The van der Waals surface area contributed by atoms with Crippen molar-refractivity contribution < 1.29 is 4.79 Å². The molecule has 2 heterocycles. The van der Waals surface area contributed by atoms with Crippen LogP contribution in [-0.4, -0.2) is 27.0 Å². The van der Waals surface area contributed by atoms with Gasteiger partial charge in [0.15, 0.2) is 0 Å². The van der Waals surface area contributed by atoms with Crippen LogP contribution in [0.15, 0.2) is 36.5 Å². The molecule has 5 nitrogen and oxygen atoms in total. The lowest BCUT2D eigenvalue weighted by Crippen LogP contribution is -2.25. The van der Waals surface area contributed by atoms with Crippen molar-refractivity contribution in [3.05, 3.63) is 52.8 Å². The Labute approximate surface area is 120 Å². The quantitative estimate of drug-likeness (QED) is 0.798. The molecule has 20 heavy (non-hydrogen) atoms. The molecule has 0 saturated heterocycles. The Morgan fingerprint density at radius 2 is 2.15 bits per heavy atom. The first kappa shape index (κ1) is 12.8. The van der Waals surface area contributed by atoms with Crippen LogP contribution in [0.25, 0.3) is 4.96 Å². The molecule has 0 atom stereocenters. The van der Waals surface area contributed by atoms with Gasteiger partial charge in [-0.3, -0.25) is 4.79 Å². The van der Waals surface area contributed by atoms with E-state index in [0.29, 0.717) is 12.2 Å². The molecule has 1 amide bonds. The zero-order valence-electron chi connectivity index (χ0n) is 11.0. The molecule has 3 aromatic rings. The first-order valence-electron chi connectivity index (χ1n) is 6.37. The van der Waals surface area contributed by atoms with E-state index in [1.165, 1.54) is 16.9 Å². The molecule has 0 fully saturated rings. The van der Waals surface area contributed by atoms with E-state index >= 15 is 0 Å². The summed E-state index contributed by atoms with van der Waals surface area (Å²) in [5, 5.41) is 8.05. The highest BCUT2D eigenvalue weighted by molar-refractivity contribution is 7.16. The second kappa shape index (κ2) is 5.42. The zero-order valence-corrected chi connectivity index (χ0v) is 11.9. The molecule has 3 rings (SSSR count). The molecule has 0 bridgehead atoms. The van der Waals surface area contributed by atoms with Crippen LogP contribution in [0, 0.1) is 6.92 Å². The van der Waals surface area contributed by atoms with Crippen LogP contribution >= 0.6 is 11.3 Å². The van der Waals surface area contributed by atoms with E-state index in [9.17, 15) is 4.79 Å². The van der Waals surface area contributed by atoms with Crippen molar-refractivity contribution in [2.75, 3.05) is 6.54 Å². The molecule has 102 valence electrons. The van der Waals surface area contributed by atoms with E-state index in [0.717, 1.165) is 16.4 Å². The molecular formula is C14H14N4OS. The molecule has 2 aromatic heterocycles. The number of amides is 1. The Hall–Kier alpha value is -2.21. The van der Waals surface area contributed by atoms with E-state index in [4.69, 9.17) is 0 Å². The normalized spacial score (nSPS) is 10.8. The number of carbonyl (C=O) groups excluding carboxylic acids is 1. The first-order valence-corrected chi connectivity index (χ1v) is 7.19. The van der Waals surface area contributed by atoms with Gasteiger partial charge in [-0.2, -0.15) is 5.10 Å². The number of nitrogens with one attached hydrogen (secondary N) is 1. The van der Waals surface area contributed by atoms with Gasteiger partial charge in [0.2, 0.25) is 4.96 Å². The fraction of sp³-hybridized carbons (Fsp3) is 0.214. The predicted molar refractivity (Wildman–Crippen MR) is 78.1 cm³/mol. The minimum Gasteiger partial charge on any atom is -0.350 e. The topological polar surface area (TPSA) is 59.3 Å². The lowest BCUT2D eigenvalue weighted by atomic mass is 10.1. The number of aryl methyl sites for hydroxylation is 1. The van der Waals surface area contributed by atoms with E-state index < -0.39 is 0 Å². The summed E-state index contributed by atoms with van der Waals surface area (Å²) in [6.45, 7) is 2.51. The van der Waals surface area contributed by atoms with Crippen molar-refractivity contribution in [3.63, 3.8) is 0 Å². The lowest BCUT2D eigenvalue weighted by molar-refractivity contribution is 0.0949. The molecule has 0 aliphatic carbocycles. The average molecular weight is 286 g/mol. The number of rotatable bonds is 4. The maximum Gasteiger partial charge on any atom is 0.271 e. The van der Waals surface area contributed by atoms with Crippen molar-refractivity contribution in [1.29, 1.82) is 0 Å². The fourth-order valence-electron chi connectivity index (χ4n) is 1.96. The summed E-state index contributed by atoms with van der Waals surface area (Å²) in [7, 11) is 0. The number of imidazole rings is 1. The third-order valence-corrected chi connectivity index (χ3v) is 3.76. The second-order valence-corrected chi connectivity index (χ2v) is 5.63. The van der Waals surface area contributed by atoms with Crippen molar-refractivity contribution in [3.8, 4) is 0 Å². The number of nitrogens with zero attached hydrogens (tertiary/aromatic N) is 3. The predicted octanol–water partition coefficient (Wildman–Crippen LogP) is 2.07. The van der Waals surface area contributed by atoms with Crippen LogP contribution < -0.4 is 5.32 Å². The van der Waals surface area contributed by atoms with Crippen molar-refractivity contribution >= 4 is 22.2 Å². The molecular weight excluding hydrogens is 272 g/mol. The maximum atomic E-state index is 12.0. The molecule has 6 heteroatoms. The molecule has 0 spiro atoms. The SMILES string of the molecule is Cc1nn2cc(C(=O)NCCc3ccccc3)nc2s1. The molecule has 0 aliphatic heterocycles. The van der Waals surface area contributed by atoms with Gasteiger partial charge in [-0.1, -0.05) is 41.7 Å². The Morgan fingerprint density at radius 3 is 2.90 bits per heavy atom. The largest absolute Gasteiger partial charge is 0.350 e. The summed E-state index contributed by atoms with van der Waals surface area (Å²) >= 11 is 1.47. The van der Waals surface area contributed by atoms with Gasteiger partial charge in [-0.05, 0) is 18.9 Å². The summed E-state index contributed by atoms with van der Waals surface area (Å²) in [5.74, 6) is -0.156. The van der Waals surface area contributed by atoms with Gasteiger partial charge in [0, 0.05) is 6.54 Å². The minimum atomic E-state index is -0.156. The lowest BCUT2D eigenvalue weighted by Gasteiger charge is -2.03. The van der Waals surface area contributed by atoms with Gasteiger partial charge in [0.25, 0.3) is 5.91 Å². The van der Waals surface area contributed by atoms with Crippen LogP contribution in [0.2, 0.25) is 0 Å². The number of aromatic nitrogens is 3. The van der Waals surface area contributed by atoms with Crippen molar-refractivity contribution in [2.45, 2.75) is 13.3 Å². The summed E-state index contributed by atoms with van der Waals surface area (Å²) < 4.78 is 1.64. The van der Waals surface area contributed by atoms with E-state index in [-0.39, 0.29) is 5.91 Å². The van der Waals surface area contributed by atoms with E-state index in [1.54, 1.807) is 10.7 Å². The molecule has 1 aromatic carbocycles. The number of hydrogen-bond donors (Lipinski definition) is 1. The third kappa shape index (κ3) is 2.70. The van der Waals surface area contributed by atoms with Gasteiger partial charge in [-0.15, -0.1) is 0 Å². The summed E-state index contributed by atoms with van der Waals surface area (Å²) in [6.07, 6.45) is 2.48. The van der Waals surface area contributed by atoms with Gasteiger partial charge in [0.05, 0.1) is 6.20 Å². The number of hydrogen-bond acceptors (Lipinski definition) is 4. The fourth-order valence-corrected chi connectivity index (χ4v) is 2.69. The van der Waals surface area contributed by atoms with Gasteiger partial charge < -0.3 is 5.32 Å². The zero-order chi connectivity index (χ0) is 13.9. The molecule has 1 N–H and O–H groups in total. The molecule has 0 saturated carbocycles. The summed E-state index contributed by atoms with van der Waals surface area (Å²) in [6, 6.07) is 10.1. The standard InChI is InChI=1S/C14H14N4OS/c1-10-17-18-9-12(16-14(18)20-10)13(19)15-8-7-11-5-3-2-4-6-11/h2-6,9H,7-8H2,1H3,(H,15,19). The molecule has 0 unspecified atom stereocenters. The summed E-state index contributed by atoms with van der Waals surface area (Å²) in [4.78, 5) is 17.0. The van der Waals surface area contributed by atoms with Crippen LogP contribution in [0.5, 0.6) is 0 Å². The van der Waals surface area contributed by atoms with Crippen molar-refractivity contribution in [2.24, 2.45) is 0 Å². The monoisotopic (exact) mass is 286 g/mol. The van der Waals surface area contributed by atoms with Crippen molar-refractivity contribution in [1.82, 2.24) is 19.9 Å². The van der Waals surface area contributed by atoms with E-state index in [1.807, 2.05) is 37.3 Å². The van der Waals surface area contributed by atoms with Crippen LogP contribution in [0.3, 0.4) is 0 Å². The summed E-state index contributed by atoms with van der Waals surface area (Å²) in [5.41, 5.74) is 1.62. The Kier molecular flexibility index (Phi) is 3.47. The molecule has 0 aliphatic rings. The average Bonchev–Trinajstić information content (AvgIpc) is 2.97. The first-order chi connectivity index (χ1) is 9.72. The van der Waals surface area contributed by atoms with Gasteiger partial charge in [-0.25, -0.2) is 9.50 Å². The number of carbonyl (C=O) groups is 1. The van der Waals surface area contributed by atoms with E-state index in [2.05, 4.69) is 15.4 Å². The Balaban J connectivity index is 1.60. The molecule has 0 radical (unpaired) electrons. The highest BCUT2D eigenvalue weighted by atomic mass is 32.1. The Bertz CT molecular complexity index is 701. The van der Waals surface area contributed by atoms with Crippen LogP contribution in [0.4, 0.5) is 0 Å².